The van der Waals surface area contributed by atoms with Crippen LogP contribution >= 0.6 is 0 Å². The first-order valence-electron chi connectivity index (χ1n) is 14.7. The second kappa shape index (κ2) is 15.9. The lowest BCUT2D eigenvalue weighted by Crippen LogP contribution is -2.18. The average molecular weight is 542 g/mol. The van der Waals surface area contributed by atoms with Crippen LogP contribution in [0, 0.1) is 0 Å². The molecule has 0 aliphatic rings. The molecule has 0 amide bonds. The molecule has 0 bridgehead atoms. The zero-order chi connectivity index (χ0) is 28.7. The molecule has 0 spiro atoms. The van der Waals surface area contributed by atoms with E-state index in [-0.39, 0.29) is 11.6 Å². The van der Waals surface area contributed by atoms with Gasteiger partial charge in [-0.2, -0.15) is 0 Å². The van der Waals surface area contributed by atoms with Crippen LogP contribution in [0.5, 0.6) is 0 Å². The maximum atomic E-state index is 12.5. The van der Waals surface area contributed by atoms with Gasteiger partial charge in [0.2, 0.25) is 0 Å². The smallest absolute Gasteiger partial charge is 0.185 e. The van der Waals surface area contributed by atoms with Crippen LogP contribution in [-0.4, -0.2) is 18.1 Å². The molecular weight excluding hydrogens is 502 g/mol. The normalized spacial score (nSPS) is 11.2. The van der Waals surface area contributed by atoms with E-state index in [1.54, 1.807) is 12.2 Å². The Balaban J connectivity index is 1.46. The lowest BCUT2D eigenvalue weighted by atomic mass is 10.1. The van der Waals surface area contributed by atoms with Gasteiger partial charge in [0.1, 0.15) is 0 Å². The Labute approximate surface area is 244 Å². The number of rotatable bonds is 15. The van der Waals surface area contributed by atoms with Crippen molar-refractivity contribution in [1.82, 2.24) is 0 Å². The number of nitrogens with zero attached hydrogens (tertiary/aromatic N) is 1. The van der Waals surface area contributed by atoms with Crippen molar-refractivity contribution in [2.75, 3.05) is 11.4 Å². The zero-order valence-corrected chi connectivity index (χ0v) is 23.9. The third kappa shape index (κ3) is 9.29. The molecule has 0 aliphatic heterocycles. The second-order valence-corrected chi connectivity index (χ2v) is 10.2. The van der Waals surface area contributed by atoms with E-state index in [4.69, 9.17) is 0 Å². The van der Waals surface area contributed by atoms with Gasteiger partial charge in [0.05, 0.1) is 0 Å². The minimum absolute atomic E-state index is 0.000941. The van der Waals surface area contributed by atoms with Gasteiger partial charge in [-0.1, -0.05) is 136 Å². The molecule has 4 aromatic rings. The molecule has 0 radical (unpaired) electrons. The summed E-state index contributed by atoms with van der Waals surface area (Å²) < 4.78 is 0. The molecule has 4 aromatic carbocycles. The molecule has 0 unspecified atom stereocenters. The maximum Gasteiger partial charge on any atom is 0.185 e. The zero-order valence-electron chi connectivity index (χ0n) is 23.9. The summed E-state index contributed by atoms with van der Waals surface area (Å²) in [6.45, 7) is 3.17. The van der Waals surface area contributed by atoms with Crippen LogP contribution in [-0.2, 0) is 0 Å². The molecule has 3 nitrogen and oxygen atoms in total. The van der Waals surface area contributed by atoms with Crippen LogP contribution in [0.4, 0.5) is 11.4 Å². The minimum atomic E-state index is -0.000941. The molecule has 0 N–H and O–H groups in total. The van der Waals surface area contributed by atoms with Gasteiger partial charge in [0.15, 0.2) is 11.6 Å². The van der Waals surface area contributed by atoms with E-state index in [0.717, 1.165) is 35.5 Å². The number of benzene rings is 4. The highest BCUT2D eigenvalue weighted by Gasteiger charge is 2.10. The van der Waals surface area contributed by atoms with Gasteiger partial charge in [-0.05, 0) is 54.0 Å². The number of hydrogen-bond donors (Lipinski definition) is 0. The molecule has 0 aromatic heterocycles. The molecule has 0 aliphatic carbocycles. The van der Waals surface area contributed by atoms with Gasteiger partial charge in [-0.15, -0.1) is 0 Å². The van der Waals surface area contributed by atoms with Crippen molar-refractivity contribution in [3.05, 3.63) is 144 Å². The fraction of sp³-hybridized carbons (Fsp3) is 0.211. The largest absolute Gasteiger partial charge is 0.341 e. The molecule has 0 saturated carbocycles. The molecule has 0 heterocycles. The second-order valence-electron chi connectivity index (χ2n) is 10.2. The first-order chi connectivity index (χ1) is 20.1. The highest BCUT2D eigenvalue weighted by molar-refractivity contribution is 6.07. The van der Waals surface area contributed by atoms with Gasteiger partial charge < -0.3 is 4.90 Å². The molecular formula is C38H39NO2. The van der Waals surface area contributed by atoms with Crippen molar-refractivity contribution in [2.45, 2.75) is 45.4 Å². The number of carbonyl (C=O) groups excluding carboxylic acids is 2. The van der Waals surface area contributed by atoms with Crippen LogP contribution in [0.2, 0.25) is 0 Å². The third-order valence-electron chi connectivity index (χ3n) is 7.12. The van der Waals surface area contributed by atoms with Crippen molar-refractivity contribution < 1.29 is 9.59 Å². The van der Waals surface area contributed by atoms with Crippen LogP contribution in [0.15, 0.2) is 121 Å². The van der Waals surface area contributed by atoms with E-state index in [0.29, 0.717) is 11.1 Å². The van der Waals surface area contributed by atoms with Gasteiger partial charge in [0, 0.05) is 29.0 Å². The summed E-state index contributed by atoms with van der Waals surface area (Å²) in [6, 6.07) is 35.4. The number of hydrogen-bond acceptors (Lipinski definition) is 3. The fourth-order valence-electron chi connectivity index (χ4n) is 4.73. The highest BCUT2D eigenvalue weighted by atomic mass is 16.1. The molecule has 208 valence electrons. The molecule has 0 atom stereocenters. The SMILES string of the molecule is CCCCCCCCN(c1ccc(C=CC(=O)c2ccccc2)cc1)c1ccc(C=CC(=O)c2ccccc2)cc1. The Morgan fingerprint density at radius 1 is 0.537 bits per heavy atom. The highest BCUT2D eigenvalue weighted by Crippen LogP contribution is 2.27. The number of ketones is 2. The van der Waals surface area contributed by atoms with Crippen LogP contribution < -0.4 is 4.90 Å². The Bertz CT molecular complexity index is 1310. The van der Waals surface area contributed by atoms with Crippen LogP contribution in [0.25, 0.3) is 12.2 Å². The first kappa shape index (κ1) is 29.5. The summed E-state index contributed by atoms with van der Waals surface area (Å²) in [6.07, 6.45) is 14.4. The summed E-state index contributed by atoms with van der Waals surface area (Å²) in [5, 5.41) is 0. The van der Waals surface area contributed by atoms with Crippen molar-refractivity contribution in [2.24, 2.45) is 0 Å². The summed E-state index contributed by atoms with van der Waals surface area (Å²) in [4.78, 5) is 27.3. The quantitative estimate of drug-likeness (QED) is 0.0853. The Kier molecular flexibility index (Phi) is 11.5. The number of allylic oxidation sites excluding steroid dienone is 2. The summed E-state index contributed by atoms with van der Waals surface area (Å²) in [7, 11) is 0. The van der Waals surface area contributed by atoms with E-state index >= 15 is 0 Å². The van der Waals surface area contributed by atoms with E-state index in [2.05, 4.69) is 60.4 Å². The van der Waals surface area contributed by atoms with Crippen molar-refractivity contribution in [3.63, 3.8) is 0 Å². The summed E-state index contributed by atoms with van der Waals surface area (Å²) in [5.74, 6) is -0.00188. The van der Waals surface area contributed by atoms with Gasteiger partial charge in [-0.3, -0.25) is 9.59 Å². The van der Waals surface area contributed by atoms with E-state index in [1.807, 2.05) is 72.8 Å². The lowest BCUT2D eigenvalue weighted by Gasteiger charge is -2.25. The number of anilines is 2. The molecule has 4 rings (SSSR count). The lowest BCUT2D eigenvalue weighted by molar-refractivity contribution is 0.103. The van der Waals surface area contributed by atoms with E-state index in [1.165, 1.54) is 32.1 Å². The molecule has 0 saturated heterocycles. The van der Waals surface area contributed by atoms with Crippen LogP contribution in [0.1, 0.15) is 77.3 Å². The van der Waals surface area contributed by atoms with Crippen LogP contribution in [0.3, 0.4) is 0 Å². The third-order valence-corrected chi connectivity index (χ3v) is 7.12. The maximum absolute atomic E-state index is 12.5. The summed E-state index contributed by atoms with van der Waals surface area (Å²) in [5.41, 5.74) is 5.59. The van der Waals surface area contributed by atoms with Crippen molar-refractivity contribution in [3.8, 4) is 0 Å². The van der Waals surface area contributed by atoms with Gasteiger partial charge in [0.25, 0.3) is 0 Å². The predicted molar refractivity (Wildman–Crippen MR) is 173 cm³/mol. The molecule has 3 heteroatoms. The monoisotopic (exact) mass is 541 g/mol. The van der Waals surface area contributed by atoms with E-state index < -0.39 is 0 Å². The Morgan fingerprint density at radius 2 is 0.951 bits per heavy atom. The molecule has 41 heavy (non-hydrogen) atoms. The predicted octanol–water partition coefficient (Wildman–Crippen LogP) is 9.98. The van der Waals surface area contributed by atoms with Crippen molar-refractivity contribution in [1.29, 1.82) is 0 Å². The Hall–Kier alpha value is -4.50. The van der Waals surface area contributed by atoms with Gasteiger partial charge in [-0.25, -0.2) is 0 Å². The Morgan fingerprint density at radius 3 is 1.39 bits per heavy atom. The minimum Gasteiger partial charge on any atom is -0.341 e. The van der Waals surface area contributed by atoms with E-state index in [9.17, 15) is 9.59 Å². The number of unbranched alkanes of at least 4 members (excludes halogenated alkanes) is 5. The standard InChI is InChI=1S/C38H39NO2/c1-2-3-4-5-6-13-30-39(35-24-18-31(19-25-35)22-28-37(40)33-14-9-7-10-15-33)36-26-20-32(21-27-36)23-29-38(41)34-16-11-8-12-17-34/h7-12,14-29H,2-6,13,30H2,1H3. The topological polar surface area (TPSA) is 37.4 Å². The van der Waals surface area contributed by atoms with Gasteiger partial charge >= 0.3 is 0 Å². The average Bonchev–Trinajstić information content (AvgIpc) is 3.03. The summed E-state index contributed by atoms with van der Waals surface area (Å²) >= 11 is 0. The molecule has 0 fully saturated rings. The van der Waals surface area contributed by atoms with Crippen molar-refractivity contribution >= 4 is 35.1 Å². The first-order valence-corrected chi connectivity index (χ1v) is 14.7. The number of carbonyl (C=O) groups is 2. The fourth-order valence-corrected chi connectivity index (χ4v) is 4.73.